The van der Waals surface area contributed by atoms with Crippen LogP contribution >= 0.6 is 0 Å². The quantitative estimate of drug-likeness (QED) is 0.424. The number of fused-ring (bicyclic) bond motifs is 2. The van der Waals surface area contributed by atoms with Gasteiger partial charge < -0.3 is 14.3 Å². The van der Waals surface area contributed by atoms with Crippen LogP contribution in [0.25, 0.3) is 22.4 Å². The van der Waals surface area contributed by atoms with Gasteiger partial charge in [-0.25, -0.2) is 9.97 Å². The van der Waals surface area contributed by atoms with Gasteiger partial charge in [-0.3, -0.25) is 14.5 Å². The number of carbonyl (C=O) groups excluding carboxylic acids is 2. The van der Waals surface area contributed by atoms with E-state index in [2.05, 4.69) is 9.97 Å². The number of pyridine rings is 1. The van der Waals surface area contributed by atoms with E-state index in [1.165, 1.54) is 25.3 Å². The lowest BCUT2D eigenvalue weighted by molar-refractivity contribution is -0.140. The van der Waals surface area contributed by atoms with E-state index >= 15 is 0 Å². The molecule has 2 aromatic carbocycles. The van der Waals surface area contributed by atoms with Crippen LogP contribution in [-0.2, 0) is 19.3 Å². The Kier molecular flexibility index (Phi) is 5.28. The molecule has 0 bridgehead atoms. The van der Waals surface area contributed by atoms with Gasteiger partial charge in [0.15, 0.2) is 5.76 Å². The van der Waals surface area contributed by atoms with Gasteiger partial charge in [0.25, 0.3) is 11.8 Å². The van der Waals surface area contributed by atoms with Crippen molar-refractivity contribution in [3.05, 3.63) is 76.8 Å². The van der Waals surface area contributed by atoms with E-state index in [1.807, 2.05) is 0 Å². The van der Waals surface area contributed by atoms with E-state index in [0.717, 1.165) is 11.0 Å². The molecule has 4 aromatic rings. The van der Waals surface area contributed by atoms with Crippen molar-refractivity contribution >= 4 is 22.7 Å². The van der Waals surface area contributed by atoms with Crippen molar-refractivity contribution in [2.45, 2.75) is 19.3 Å². The summed E-state index contributed by atoms with van der Waals surface area (Å²) in [7, 11) is 1.31. The summed E-state index contributed by atoms with van der Waals surface area (Å²) < 4.78 is 50.6. The number of hydrogen-bond acceptors (Lipinski definition) is 7. The van der Waals surface area contributed by atoms with Crippen LogP contribution in [0.1, 0.15) is 37.9 Å². The number of aromatic nitrogens is 2. The molecular weight excluding hydrogens is 467 g/mol. The first-order valence-electron chi connectivity index (χ1n) is 10.3. The molecular formula is C24H16F3N3O5. The number of carbonyl (C=O) groups is 2. The lowest BCUT2D eigenvalue weighted by atomic mass is 10.1. The predicted molar refractivity (Wildman–Crippen MR) is 115 cm³/mol. The molecule has 1 aliphatic heterocycles. The minimum Gasteiger partial charge on any atom is -0.494 e. The van der Waals surface area contributed by atoms with E-state index in [0.29, 0.717) is 5.56 Å². The Morgan fingerprint density at radius 2 is 1.66 bits per heavy atom. The molecule has 35 heavy (non-hydrogen) atoms. The number of benzene rings is 2. The molecule has 2 aromatic heterocycles. The van der Waals surface area contributed by atoms with E-state index < -0.39 is 30.3 Å². The lowest BCUT2D eigenvalue weighted by Gasteiger charge is -2.12. The summed E-state index contributed by atoms with van der Waals surface area (Å²) in [5.41, 5.74) is -0.239. The maximum Gasteiger partial charge on any atom is 0.433 e. The maximum atomic E-state index is 13.2. The number of imide groups is 1. The third-order valence-corrected chi connectivity index (χ3v) is 5.67. The van der Waals surface area contributed by atoms with Crippen LogP contribution in [-0.4, -0.2) is 38.9 Å². The molecule has 1 aliphatic rings. The molecule has 0 saturated carbocycles. The van der Waals surface area contributed by atoms with Crippen molar-refractivity contribution in [1.82, 2.24) is 14.9 Å². The van der Waals surface area contributed by atoms with Gasteiger partial charge >= 0.3 is 6.18 Å². The van der Waals surface area contributed by atoms with Crippen molar-refractivity contribution < 1.29 is 37.0 Å². The summed E-state index contributed by atoms with van der Waals surface area (Å²) >= 11 is 0. The normalized spacial score (nSPS) is 13.6. The highest BCUT2D eigenvalue weighted by Crippen LogP contribution is 2.37. The monoisotopic (exact) mass is 483 g/mol. The van der Waals surface area contributed by atoms with E-state index in [-0.39, 0.29) is 51.7 Å². The van der Waals surface area contributed by atoms with Gasteiger partial charge in [-0.2, -0.15) is 13.2 Å². The first-order valence-corrected chi connectivity index (χ1v) is 10.3. The van der Waals surface area contributed by atoms with E-state index in [1.54, 1.807) is 24.3 Å². The first-order chi connectivity index (χ1) is 16.7. The summed E-state index contributed by atoms with van der Waals surface area (Å²) in [6.07, 6.45) is -4.65. The Labute approximate surface area is 195 Å². The average molecular weight is 483 g/mol. The fourth-order valence-electron chi connectivity index (χ4n) is 3.97. The number of aliphatic hydroxyl groups excluding tert-OH is 1. The molecule has 3 heterocycles. The summed E-state index contributed by atoms with van der Waals surface area (Å²) in [6.45, 7) is -0.827. The second kappa shape index (κ2) is 8.20. The molecule has 178 valence electrons. The fourth-order valence-corrected chi connectivity index (χ4v) is 3.97. The third-order valence-electron chi connectivity index (χ3n) is 5.67. The average Bonchev–Trinajstić information content (AvgIpc) is 3.37. The highest BCUT2D eigenvalue weighted by atomic mass is 19.4. The zero-order valence-corrected chi connectivity index (χ0v) is 18.1. The molecule has 1 N–H and O–H groups in total. The molecule has 0 aliphatic carbocycles. The molecule has 11 heteroatoms. The summed E-state index contributed by atoms with van der Waals surface area (Å²) in [6, 6.07) is 11.4. The van der Waals surface area contributed by atoms with Crippen LogP contribution in [0.4, 0.5) is 13.2 Å². The minimum atomic E-state index is -4.65. The molecule has 8 nitrogen and oxygen atoms in total. The maximum absolute atomic E-state index is 13.2. The Morgan fingerprint density at radius 1 is 0.971 bits per heavy atom. The summed E-state index contributed by atoms with van der Waals surface area (Å²) in [5.74, 6) is -0.844. The van der Waals surface area contributed by atoms with E-state index in [9.17, 15) is 27.9 Å². The van der Waals surface area contributed by atoms with Crippen LogP contribution in [0.3, 0.4) is 0 Å². The van der Waals surface area contributed by atoms with Crippen molar-refractivity contribution in [2.24, 2.45) is 0 Å². The molecule has 0 spiro atoms. The second-order valence-electron chi connectivity index (χ2n) is 7.69. The molecule has 5 rings (SSSR count). The Morgan fingerprint density at radius 3 is 2.26 bits per heavy atom. The SMILES string of the molecule is COc1ccc(-c2nc(CO)c(CN3C(=O)c4ccccc4C3=O)o2)c2ccc(C(F)(F)F)nc12. The van der Waals surface area contributed by atoms with Gasteiger partial charge in [-0.05, 0) is 36.4 Å². The third kappa shape index (κ3) is 3.69. The summed E-state index contributed by atoms with van der Waals surface area (Å²) in [4.78, 5) is 34.4. The topological polar surface area (TPSA) is 106 Å². The number of halogens is 3. The van der Waals surface area contributed by atoms with Crippen LogP contribution in [0.5, 0.6) is 5.75 Å². The second-order valence-corrected chi connectivity index (χ2v) is 7.69. The Balaban J connectivity index is 1.56. The highest BCUT2D eigenvalue weighted by molar-refractivity contribution is 6.21. The van der Waals surface area contributed by atoms with Crippen LogP contribution in [0, 0.1) is 0 Å². The van der Waals surface area contributed by atoms with Crippen molar-refractivity contribution in [1.29, 1.82) is 0 Å². The number of alkyl halides is 3. The van der Waals surface area contributed by atoms with E-state index in [4.69, 9.17) is 9.15 Å². The molecule has 0 saturated heterocycles. The molecule has 0 fully saturated rings. The number of ether oxygens (including phenoxy) is 1. The highest BCUT2D eigenvalue weighted by Gasteiger charge is 2.37. The number of hydrogen-bond donors (Lipinski definition) is 1. The lowest BCUT2D eigenvalue weighted by Crippen LogP contribution is -2.29. The van der Waals surface area contributed by atoms with Gasteiger partial charge in [-0.15, -0.1) is 0 Å². The van der Waals surface area contributed by atoms with Crippen molar-refractivity contribution in [3.63, 3.8) is 0 Å². The van der Waals surface area contributed by atoms with Gasteiger partial charge in [0.2, 0.25) is 5.89 Å². The number of aliphatic hydroxyl groups is 1. The van der Waals surface area contributed by atoms with Crippen LogP contribution in [0.2, 0.25) is 0 Å². The van der Waals surface area contributed by atoms with Gasteiger partial charge in [-0.1, -0.05) is 12.1 Å². The first kappa shape index (κ1) is 22.5. The Hall–Kier alpha value is -4.25. The van der Waals surface area contributed by atoms with Crippen molar-refractivity contribution in [3.8, 4) is 17.2 Å². The number of rotatable bonds is 5. The zero-order valence-electron chi connectivity index (χ0n) is 18.1. The van der Waals surface area contributed by atoms with Crippen LogP contribution in [0.15, 0.2) is 52.9 Å². The largest absolute Gasteiger partial charge is 0.494 e. The number of amides is 2. The number of methoxy groups -OCH3 is 1. The number of oxazole rings is 1. The standard InChI is InChI=1S/C24H16F3N3O5/c1-34-17-8-6-13(12-7-9-19(24(25,26)27)29-20(12)17)21-28-16(11-31)18(35-21)10-30-22(32)14-4-2-3-5-15(14)23(30)33/h2-9,31H,10-11H2,1H3. The predicted octanol–water partition coefficient (Wildman–Crippen LogP) is 4.21. The smallest absolute Gasteiger partial charge is 0.433 e. The van der Waals surface area contributed by atoms with Gasteiger partial charge in [0.05, 0.1) is 31.4 Å². The van der Waals surface area contributed by atoms with Gasteiger partial charge in [0.1, 0.15) is 22.7 Å². The molecule has 0 unspecified atom stereocenters. The van der Waals surface area contributed by atoms with Gasteiger partial charge in [0, 0.05) is 10.9 Å². The fraction of sp³-hybridized carbons (Fsp3) is 0.167. The summed E-state index contributed by atoms with van der Waals surface area (Å²) in [5, 5.41) is 10.1. The molecule has 0 radical (unpaired) electrons. The zero-order chi connectivity index (χ0) is 24.9. The van der Waals surface area contributed by atoms with Crippen molar-refractivity contribution in [2.75, 3.05) is 7.11 Å². The van der Waals surface area contributed by atoms with Crippen LogP contribution < -0.4 is 4.74 Å². The molecule has 0 atom stereocenters. The minimum absolute atomic E-state index is 0.0186. The number of nitrogens with zero attached hydrogens (tertiary/aromatic N) is 3. The molecule has 2 amide bonds. The Bertz CT molecular complexity index is 1460.